The zero-order valence-electron chi connectivity index (χ0n) is 12.7. The molecule has 0 radical (unpaired) electrons. The number of carbonyl (C=O) groups is 1. The minimum atomic E-state index is -0.393. The maximum absolute atomic E-state index is 11.4. The maximum Gasteiger partial charge on any atom is 0.248 e. The summed E-state index contributed by atoms with van der Waals surface area (Å²) in [5.41, 5.74) is 8.27. The molecule has 0 spiro atoms. The molecule has 2 aromatic carbocycles. The van der Waals surface area contributed by atoms with Crippen LogP contribution in [-0.2, 0) is 6.42 Å². The Morgan fingerprint density at radius 2 is 1.95 bits per heavy atom. The summed E-state index contributed by atoms with van der Waals surface area (Å²) in [6.45, 7) is 3.84. The molecule has 0 aliphatic carbocycles. The third-order valence-corrected chi connectivity index (χ3v) is 3.93. The van der Waals surface area contributed by atoms with Gasteiger partial charge in [-0.2, -0.15) is 0 Å². The van der Waals surface area contributed by atoms with Gasteiger partial charge in [-0.1, -0.05) is 42.8 Å². The van der Waals surface area contributed by atoms with E-state index in [-0.39, 0.29) is 5.92 Å². The fraction of sp³-hybridized carbons (Fsp3) is 0.278. The minimum Gasteiger partial charge on any atom is -0.366 e. The van der Waals surface area contributed by atoms with Crippen LogP contribution in [0.2, 0.25) is 5.02 Å². The molecule has 0 aliphatic heterocycles. The van der Waals surface area contributed by atoms with Crippen LogP contribution in [0.1, 0.15) is 34.3 Å². The second-order valence-corrected chi connectivity index (χ2v) is 5.76. The zero-order valence-corrected chi connectivity index (χ0v) is 13.4. The van der Waals surface area contributed by atoms with Crippen LogP contribution < -0.4 is 11.1 Å². The van der Waals surface area contributed by atoms with Crippen LogP contribution in [0.25, 0.3) is 0 Å². The third kappa shape index (κ3) is 4.58. The van der Waals surface area contributed by atoms with Crippen molar-refractivity contribution in [3.8, 4) is 0 Å². The van der Waals surface area contributed by atoms with Crippen LogP contribution in [-0.4, -0.2) is 19.0 Å². The van der Waals surface area contributed by atoms with Crippen molar-refractivity contribution in [3.63, 3.8) is 0 Å². The highest BCUT2D eigenvalue weighted by Crippen LogP contribution is 2.22. The van der Waals surface area contributed by atoms with Gasteiger partial charge in [0.05, 0.1) is 0 Å². The summed E-state index contributed by atoms with van der Waals surface area (Å²) < 4.78 is 0. The van der Waals surface area contributed by atoms with E-state index in [4.69, 9.17) is 17.3 Å². The van der Waals surface area contributed by atoms with Crippen LogP contribution in [0.3, 0.4) is 0 Å². The molecule has 0 aromatic heterocycles. The molecular weight excluding hydrogens is 296 g/mol. The van der Waals surface area contributed by atoms with Crippen LogP contribution in [0, 0.1) is 0 Å². The molecule has 4 heteroatoms. The summed E-state index contributed by atoms with van der Waals surface area (Å²) >= 11 is 5.94. The van der Waals surface area contributed by atoms with Gasteiger partial charge >= 0.3 is 0 Å². The number of halogens is 1. The lowest BCUT2D eigenvalue weighted by Crippen LogP contribution is -2.23. The number of amides is 1. The molecule has 1 amide bonds. The Morgan fingerprint density at radius 3 is 2.59 bits per heavy atom. The first-order valence-electron chi connectivity index (χ1n) is 7.45. The van der Waals surface area contributed by atoms with Gasteiger partial charge in [0, 0.05) is 23.0 Å². The van der Waals surface area contributed by atoms with Gasteiger partial charge in [0.1, 0.15) is 0 Å². The molecule has 1 atom stereocenters. The van der Waals surface area contributed by atoms with Crippen molar-refractivity contribution in [2.45, 2.75) is 19.3 Å². The van der Waals surface area contributed by atoms with E-state index in [1.165, 1.54) is 5.56 Å². The largest absolute Gasteiger partial charge is 0.366 e. The lowest BCUT2D eigenvalue weighted by atomic mass is 9.90. The summed E-state index contributed by atoms with van der Waals surface area (Å²) in [4.78, 5) is 11.4. The van der Waals surface area contributed by atoms with Gasteiger partial charge in [0.2, 0.25) is 5.91 Å². The van der Waals surface area contributed by atoms with E-state index in [9.17, 15) is 4.79 Å². The third-order valence-electron chi connectivity index (χ3n) is 3.68. The number of primary amides is 1. The van der Waals surface area contributed by atoms with Crippen LogP contribution in [0.4, 0.5) is 0 Å². The van der Waals surface area contributed by atoms with Gasteiger partial charge in [0.15, 0.2) is 0 Å². The predicted octanol–water partition coefficient (Wildman–Crippen LogP) is 3.37. The average molecular weight is 317 g/mol. The van der Waals surface area contributed by atoms with Crippen molar-refractivity contribution in [2.75, 3.05) is 13.1 Å². The second kappa shape index (κ2) is 7.97. The summed E-state index contributed by atoms with van der Waals surface area (Å²) in [6.07, 6.45) is 0.881. The van der Waals surface area contributed by atoms with E-state index >= 15 is 0 Å². The number of hydrogen-bond acceptors (Lipinski definition) is 2. The van der Waals surface area contributed by atoms with E-state index in [0.29, 0.717) is 5.56 Å². The summed E-state index contributed by atoms with van der Waals surface area (Å²) in [6, 6.07) is 15.5. The number of rotatable bonds is 7. The fourth-order valence-electron chi connectivity index (χ4n) is 2.48. The standard InChI is InChI=1S/C18H21ClN2O/c1-2-21-12-16(10-13-6-8-17(19)9-7-13)14-4-3-5-15(11-14)18(20)22/h3-9,11,16,21H,2,10,12H2,1H3,(H2,20,22). The van der Waals surface area contributed by atoms with Gasteiger partial charge in [-0.25, -0.2) is 0 Å². The number of hydrogen-bond donors (Lipinski definition) is 2. The molecule has 3 nitrogen and oxygen atoms in total. The van der Waals surface area contributed by atoms with E-state index in [0.717, 1.165) is 30.1 Å². The molecule has 0 saturated carbocycles. The summed E-state index contributed by atoms with van der Waals surface area (Å²) in [5.74, 6) is -0.115. The highest BCUT2D eigenvalue weighted by molar-refractivity contribution is 6.30. The normalized spacial score (nSPS) is 12.1. The van der Waals surface area contributed by atoms with Crippen molar-refractivity contribution >= 4 is 17.5 Å². The molecule has 1 unspecified atom stereocenters. The van der Waals surface area contributed by atoms with Gasteiger partial charge in [-0.05, 0) is 48.4 Å². The first-order chi connectivity index (χ1) is 10.6. The quantitative estimate of drug-likeness (QED) is 0.823. The van der Waals surface area contributed by atoms with E-state index in [1.54, 1.807) is 6.07 Å². The molecular formula is C18H21ClN2O. The summed E-state index contributed by atoms with van der Waals surface area (Å²) in [5, 5.41) is 4.12. The Morgan fingerprint density at radius 1 is 1.23 bits per heavy atom. The van der Waals surface area contributed by atoms with Crippen LogP contribution in [0.5, 0.6) is 0 Å². The van der Waals surface area contributed by atoms with Gasteiger partial charge in [-0.15, -0.1) is 0 Å². The highest BCUT2D eigenvalue weighted by atomic mass is 35.5. The van der Waals surface area contributed by atoms with E-state index < -0.39 is 5.91 Å². The fourth-order valence-corrected chi connectivity index (χ4v) is 2.60. The smallest absolute Gasteiger partial charge is 0.248 e. The molecule has 116 valence electrons. The Labute approximate surface area is 136 Å². The summed E-state index contributed by atoms with van der Waals surface area (Å²) in [7, 11) is 0. The molecule has 0 saturated heterocycles. The predicted molar refractivity (Wildman–Crippen MR) is 91.4 cm³/mol. The van der Waals surface area contributed by atoms with E-state index in [2.05, 4.69) is 12.2 Å². The molecule has 2 aromatic rings. The number of nitrogens with two attached hydrogens (primary N) is 1. The Kier molecular flexibility index (Phi) is 5.99. The molecule has 0 bridgehead atoms. The van der Waals surface area contributed by atoms with Gasteiger partial charge in [0.25, 0.3) is 0 Å². The van der Waals surface area contributed by atoms with Crippen molar-refractivity contribution in [3.05, 3.63) is 70.2 Å². The molecule has 0 fully saturated rings. The SMILES string of the molecule is CCNCC(Cc1ccc(Cl)cc1)c1cccc(C(N)=O)c1. The molecule has 0 aliphatic rings. The average Bonchev–Trinajstić information content (AvgIpc) is 2.53. The Bertz CT molecular complexity index is 625. The number of benzene rings is 2. The highest BCUT2D eigenvalue weighted by Gasteiger charge is 2.13. The molecule has 2 rings (SSSR count). The monoisotopic (exact) mass is 316 g/mol. The minimum absolute atomic E-state index is 0.278. The molecule has 3 N–H and O–H groups in total. The second-order valence-electron chi connectivity index (χ2n) is 5.32. The molecule has 22 heavy (non-hydrogen) atoms. The maximum atomic E-state index is 11.4. The first kappa shape index (κ1) is 16.5. The van der Waals surface area contributed by atoms with Crippen molar-refractivity contribution < 1.29 is 4.79 Å². The van der Waals surface area contributed by atoms with Crippen molar-refractivity contribution in [1.82, 2.24) is 5.32 Å². The lowest BCUT2D eigenvalue weighted by molar-refractivity contribution is 0.1000. The first-order valence-corrected chi connectivity index (χ1v) is 7.83. The number of likely N-dealkylation sites (N-methyl/N-ethyl adjacent to an activating group) is 1. The van der Waals surface area contributed by atoms with Gasteiger partial charge < -0.3 is 11.1 Å². The number of carbonyl (C=O) groups excluding carboxylic acids is 1. The van der Waals surface area contributed by atoms with E-state index in [1.807, 2.05) is 42.5 Å². The number of nitrogens with one attached hydrogen (secondary N) is 1. The Hall–Kier alpha value is -1.84. The van der Waals surface area contributed by atoms with Crippen molar-refractivity contribution in [2.24, 2.45) is 5.73 Å². The van der Waals surface area contributed by atoms with Crippen LogP contribution in [0.15, 0.2) is 48.5 Å². The lowest BCUT2D eigenvalue weighted by Gasteiger charge is -2.18. The zero-order chi connectivity index (χ0) is 15.9. The molecule has 0 heterocycles. The van der Waals surface area contributed by atoms with Crippen LogP contribution >= 0.6 is 11.6 Å². The van der Waals surface area contributed by atoms with Crippen molar-refractivity contribution in [1.29, 1.82) is 0 Å². The topological polar surface area (TPSA) is 55.1 Å². The van der Waals surface area contributed by atoms with Gasteiger partial charge in [-0.3, -0.25) is 4.79 Å². The Balaban J connectivity index is 2.23.